The number of aryl methyl sites for hydroxylation is 1. The number of halogens is 1. The molecule has 1 aliphatic rings. The molecule has 0 saturated carbocycles. The highest BCUT2D eigenvalue weighted by atomic mass is 35.5. The monoisotopic (exact) mass is 267 g/mol. The van der Waals surface area contributed by atoms with Gasteiger partial charge in [-0.2, -0.15) is 0 Å². The summed E-state index contributed by atoms with van der Waals surface area (Å²) in [7, 11) is 1.79. The Morgan fingerprint density at radius 1 is 1.44 bits per heavy atom. The predicted octanol–water partition coefficient (Wildman–Crippen LogP) is 3.60. The molecular weight excluding hydrogens is 246 g/mol. The molecular formula is C15H22ClNO. The molecule has 0 spiro atoms. The Balaban J connectivity index is 2.15. The molecule has 0 aliphatic carbocycles. The highest BCUT2D eigenvalue weighted by Crippen LogP contribution is 2.28. The van der Waals surface area contributed by atoms with Gasteiger partial charge in [-0.1, -0.05) is 17.7 Å². The van der Waals surface area contributed by atoms with Crippen molar-refractivity contribution in [3.8, 4) is 0 Å². The molecule has 1 unspecified atom stereocenters. The Kier molecular flexibility index (Phi) is 4.90. The number of benzene rings is 1. The van der Waals surface area contributed by atoms with E-state index in [-0.39, 0.29) is 0 Å². The number of hydrogen-bond donors (Lipinski definition) is 0. The van der Waals surface area contributed by atoms with Crippen LogP contribution in [0.3, 0.4) is 0 Å². The van der Waals surface area contributed by atoms with Crippen molar-refractivity contribution >= 4 is 17.3 Å². The van der Waals surface area contributed by atoms with Gasteiger partial charge in [-0.3, -0.25) is 0 Å². The summed E-state index contributed by atoms with van der Waals surface area (Å²) in [6, 6.07) is 6.58. The molecule has 1 heterocycles. The molecule has 0 amide bonds. The third-order valence-corrected chi connectivity index (χ3v) is 3.93. The normalized spacial score (nSPS) is 20.2. The molecule has 1 fully saturated rings. The summed E-state index contributed by atoms with van der Waals surface area (Å²) in [5, 5.41) is 0. The lowest BCUT2D eigenvalue weighted by Gasteiger charge is -2.35. The van der Waals surface area contributed by atoms with E-state index < -0.39 is 0 Å². The molecule has 1 aromatic carbocycles. The van der Waals surface area contributed by atoms with E-state index in [9.17, 15) is 0 Å². The number of alkyl halides is 1. The second-order valence-electron chi connectivity index (χ2n) is 5.18. The minimum atomic E-state index is 0.586. The first-order valence-electron chi connectivity index (χ1n) is 6.64. The highest BCUT2D eigenvalue weighted by Gasteiger charge is 2.21. The second-order valence-corrected chi connectivity index (χ2v) is 5.44. The summed E-state index contributed by atoms with van der Waals surface area (Å²) >= 11 is 6.07. The van der Waals surface area contributed by atoms with Gasteiger partial charge < -0.3 is 9.64 Å². The first kappa shape index (κ1) is 13.7. The van der Waals surface area contributed by atoms with Crippen LogP contribution in [0.15, 0.2) is 18.2 Å². The first-order chi connectivity index (χ1) is 8.74. The van der Waals surface area contributed by atoms with Crippen LogP contribution < -0.4 is 4.90 Å². The third-order valence-electron chi connectivity index (χ3n) is 3.64. The van der Waals surface area contributed by atoms with Crippen LogP contribution in [0.5, 0.6) is 0 Å². The van der Waals surface area contributed by atoms with Crippen LogP contribution in [0, 0.1) is 12.8 Å². The highest BCUT2D eigenvalue weighted by molar-refractivity contribution is 6.17. The lowest BCUT2D eigenvalue weighted by atomic mass is 9.97. The lowest BCUT2D eigenvalue weighted by molar-refractivity contribution is 0.143. The van der Waals surface area contributed by atoms with Crippen molar-refractivity contribution in [1.82, 2.24) is 0 Å². The maximum atomic E-state index is 6.07. The number of piperidine rings is 1. The van der Waals surface area contributed by atoms with Crippen LogP contribution in [0.2, 0.25) is 0 Å². The number of rotatable bonds is 4. The van der Waals surface area contributed by atoms with Crippen LogP contribution in [0.4, 0.5) is 5.69 Å². The van der Waals surface area contributed by atoms with Crippen LogP contribution >= 0.6 is 11.6 Å². The Morgan fingerprint density at radius 3 is 3.00 bits per heavy atom. The van der Waals surface area contributed by atoms with E-state index in [2.05, 4.69) is 30.0 Å². The Morgan fingerprint density at radius 2 is 2.28 bits per heavy atom. The Labute approximate surface area is 115 Å². The Bertz CT molecular complexity index is 392. The van der Waals surface area contributed by atoms with Crippen LogP contribution in [0.25, 0.3) is 0 Å². The average molecular weight is 268 g/mol. The molecule has 3 heteroatoms. The minimum Gasteiger partial charge on any atom is -0.384 e. The number of anilines is 1. The quantitative estimate of drug-likeness (QED) is 0.773. The zero-order chi connectivity index (χ0) is 13.0. The topological polar surface area (TPSA) is 12.5 Å². The fourth-order valence-electron chi connectivity index (χ4n) is 2.79. The van der Waals surface area contributed by atoms with Gasteiger partial charge >= 0.3 is 0 Å². The van der Waals surface area contributed by atoms with Crippen molar-refractivity contribution < 1.29 is 4.74 Å². The fourth-order valence-corrected chi connectivity index (χ4v) is 3.00. The maximum absolute atomic E-state index is 6.07. The van der Waals surface area contributed by atoms with E-state index in [1.807, 2.05) is 0 Å². The fraction of sp³-hybridized carbons (Fsp3) is 0.600. The summed E-state index contributed by atoms with van der Waals surface area (Å²) in [5.74, 6) is 1.23. The van der Waals surface area contributed by atoms with Crippen LogP contribution in [0.1, 0.15) is 24.0 Å². The molecule has 0 bridgehead atoms. The van der Waals surface area contributed by atoms with Gasteiger partial charge in [-0.15, -0.1) is 11.6 Å². The summed E-state index contributed by atoms with van der Waals surface area (Å²) in [6.45, 7) is 5.19. The van der Waals surface area contributed by atoms with Crippen molar-refractivity contribution in [2.45, 2.75) is 25.6 Å². The minimum absolute atomic E-state index is 0.586. The van der Waals surface area contributed by atoms with Crippen molar-refractivity contribution in [3.63, 3.8) is 0 Å². The van der Waals surface area contributed by atoms with E-state index in [1.165, 1.54) is 29.7 Å². The standard InChI is InChI=1S/C15H22ClNO/c1-12-5-6-15(14(8-12)9-16)17-7-3-4-13(10-17)11-18-2/h5-6,8,13H,3-4,7,9-11H2,1-2H3. The van der Waals surface area contributed by atoms with Gasteiger partial charge in [0, 0.05) is 31.8 Å². The molecule has 1 atom stereocenters. The number of ether oxygens (including phenoxy) is 1. The molecule has 1 aromatic rings. The number of methoxy groups -OCH3 is 1. The van der Waals surface area contributed by atoms with E-state index in [1.54, 1.807) is 7.11 Å². The second kappa shape index (κ2) is 6.44. The van der Waals surface area contributed by atoms with Crippen molar-refractivity contribution in [2.75, 3.05) is 31.7 Å². The molecule has 0 N–H and O–H groups in total. The predicted molar refractivity (Wildman–Crippen MR) is 77.5 cm³/mol. The van der Waals surface area contributed by atoms with Gasteiger partial charge in [-0.05, 0) is 37.3 Å². The van der Waals surface area contributed by atoms with Crippen molar-refractivity contribution in [3.05, 3.63) is 29.3 Å². The maximum Gasteiger partial charge on any atom is 0.0507 e. The molecule has 18 heavy (non-hydrogen) atoms. The summed E-state index contributed by atoms with van der Waals surface area (Å²) in [4.78, 5) is 2.46. The van der Waals surface area contributed by atoms with Gasteiger partial charge in [0.25, 0.3) is 0 Å². The summed E-state index contributed by atoms with van der Waals surface area (Å²) in [5.41, 5.74) is 3.82. The van der Waals surface area contributed by atoms with E-state index in [0.29, 0.717) is 11.8 Å². The average Bonchev–Trinajstić information content (AvgIpc) is 2.39. The van der Waals surface area contributed by atoms with Gasteiger partial charge in [0.05, 0.1) is 6.61 Å². The Hall–Kier alpha value is -0.730. The number of nitrogens with zero attached hydrogens (tertiary/aromatic N) is 1. The van der Waals surface area contributed by atoms with Crippen LogP contribution in [-0.4, -0.2) is 26.8 Å². The van der Waals surface area contributed by atoms with E-state index in [0.717, 1.165) is 19.7 Å². The van der Waals surface area contributed by atoms with Crippen molar-refractivity contribution in [2.24, 2.45) is 5.92 Å². The third kappa shape index (κ3) is 3.18. The van der Waals surface area contributed by atoms with Gasteiger partial charge in [0.15, 0.2) is 0 Å². The van der Waals surface area contributed by atoms with Gasteiger partial charge in [0.1, 0.15) is 0 Å². The van der Waals surface area contributed by atoms with E-state index in [4.69, 9.17) is 16.3 Å². The van der Waals surface area contributed by atoms with Gasteiger partial charge in [0.2, 0.25) is 0 Å². The largest absolute Gasteiger partial charge is 0.384 e. The molecule has 1 saturated heterocycles. The molecule has 100 valence electrons. The first-order valence-corrected chi connectivity index (χ1v) is 7.17. The smallest absolute Gasteiger partial charge is 0.0507 e. The number of hydrogen-bond acceptors (Lipinski definition) is 2. The molecule has 2 nitrogen and oxygen atoms in total. The summed E-state index contributed by atoms with van der Waals surface area (Å²) in [6.07, 6.45) is 2.51. The molecule has 1 aliphatic heterocycles. The van der Waals surface area contributed by atoms with E-state index >= 15 is 0 Å². The van der Waals surface area contributed by atoms with Crippen LogP contribution in [-0.2, 0) is 10.6 Å². The lowest BCUT2D eigenvalue weighted by Crippen LogP contribution is -2.37. The molecule has 2 rings (SSSR count). The van der Waals surface area contributed by atoms with Crippen molar-refractivity contribution in [1.29, 1.82) is 0 Å². The molecule has 0 radical (unpaired) electrons. The zero-order valence-electron chi connectivity index (χ0n) is 11.3. The van der Waals surface area contributed by atoms with Gasteiger partial charge in [-0.25, -0.2) is 0 Å². The molecule has 0 aromatic heterocycles. The zero-order valence-corrected chi connectivity index (χ0v) is 12.0. The SMILES string of the molecule is COCC1CCCN(c2ccc(C)cc2CCl)C1. The summed E-state index contributed by atoms with van der Waals surface area (Å²) < 4.78 is 5.29.